The number of nitrogens with one attached hydrogen (secondary N) is 1. The van der Waals surface area contributed by atoms with Crippen molar-refractivity contribution >= 4 is 33.3 Å². The smallest absolute Gasteiger partial charge is 0.258 e. The number of furan rings is 1. The number of hydrogen-bond donors (Lipinski definition) is 1. The summed E-state index contributed by atoms with van der Waals surface area (Å²) in [6.45, 7) is 4.61. The lowest BCUT2D eigenvalue weighted by Crippen LogP contribution is -2.46. The van der Waals surface area contributed by atoms with Crippen molar-refractivity contribution in [3.63, 3.8) is 0 Å². The van der Waals surface area contributed by atoms with Gasteiger partial charge in [0.25, 0.3) is 5.56 Å². The molecule has 0 aliphatic carbocycles. The number of anilines is 1. The van der Waals surface area contributed by atoms with Crippen LogP contribution in [0.5, 0.6) is 0 Å². The third-order valence-electron chi connectivity index (χ3n) is 5.96. The third-order valence-corrected chi connectivity index (χ3v) is 5.96. The molecule has 1 aliphatic heterocycles. The number of aromatic nitrogens is 3. The molecule has 1 fully saturated rings. The van der Waals surface area contributed by atoms with Crippen LogP contribution in [0.25, 0.3) is 27.5 Å². The normalized spacial score (nSPS) is 15.5. The molecule has 1 aromatic carbocycles. The largest absolute Gasteiger partial charge is 0.464 e. The minimum atomic E-state index is -0.0442. The van der Waals surface area contributed by atoms with E-state index < -0.39 is 0 Å². The van der Waals surface area contributed by atoms with Gasteiger partial charge in [-0.05, 0) is 35.9 Å². The Bertz CT molecular complexity index is 1420. The van der Waals surface area contributed by atoms with Gasteiger partial charge in [0.1, 0.15) is 17.0 Å². The molecule has 30 heavy (non-hydrogen) atoms. The Balaban J connectivity index is 1.22. The molecule has 150 valence electrons. The van der Waals surface area contributed by atoms with E-state index in [-0.39, 0.29) is 5.56 Å². The number of benzene rings is 1. The summed E-state index contributed by atoms with van der Waals surface area (Å²) in [6, 6.07) is 13.7. The lowest BCUT2D eigenvalue weighted by atomic mass is 10.2. The molecule has 7 nitrogen and oxygen atoms in total. The molecule has 0 atom stereocenters. The minimum Gasteiger partial charge on any atom is -0.464 e. The monoisotopic (exact) mass is 399 g/mol. The summed E-state index contributed by atoms with van der Waals surface area (Å²) >= 11 is 0. The molecule has 7 heteroatoms. The van der Waals surface area contributed by atoms with Gasteiger partial charge in [0.05, 0.1) is 22.6 Å². The Morgan fingerprint density at radius 3 is 2.80 bits per heavy atom. The third kappa shape index (κ3) is 2.78. The highest BCUT2D eigenvalue weighted by Crippen LogP contribution is 2.26. The first-order valence-corrected chi connectivity index (χ1v) is 10.2. The van der Waals surface area contributed by atoms with Crippen LogP contribution in [0.15, 0.2) is 70.3 Å². The summed E-state index contributed by atoms with van der Waals surface area (Å²) in [5.74, 6) is 1.000. The van der Waals surface area contributed by atoms with Crippen LogP contribution in [0.3, 0.4) is 0 Å². The number of aromatic amines is 1. The van der Waals surface area contributed by atoms with Crippen LogP contribution in [0.4, 0.5) is 5.82 Å². The maximum Gasteiger partial charge on any atom is 0.258 e. The van der Waals surface area contributed by atoms with Crippen LogP contribution in [-0.2, 0) is 6.54 Å². The summed E-state index contributed by atoms with van der Waals surface area (Å²) < 4.78 is 7.59. The van der Waals surface area contributed by atoms with Gasteiger partial charge in [-0.3, -0.25) is 9.69 Å². The van der Waals surface area contributed by atoms with Crippen molar-refractivity contribution in [3.05, 3.63) is 77.0 Å². The van der Waals surface area contributed by atoms with Gasteiger partial charge in [-0.2, -0.15) is 0 Å². The van der Waals surface area contributed by atoms with E-state index in [1.54, 1.807) is 6.26 Å². The van der Waals surface area contributed by atoms with E-state index in [0.717, 1.165) is 60.7 Å². The van der Waals surface area contributed by atoms with Crippen LogP contribution < -0.4 is 10.5 Å². The predicted molar refractivity (Wildman–Crippen MR) is 117 cm³/mol. The summed E-state index contributed by atoms with van der Waals surface area (Å²) in [6.07, 6.45) is 5.66. The number of rotatable bonds is 3. The van der Waals surface area contributed by atoms with Crippen molar-refractivity contribution in [2.45, 2.75) is 6.54 Å². The second-order valence-corrected chi connectivity index (χ2v) is 7.81. The Morgan fingerprint density at radius 1 is 1.03 bits per heavy atom. The molecule has 0 spiro atoms. The lowest BCUT2D eigenvalue weighted by Gasteiger charge is -2.35. The zero-order chi connectivity index (χ0) is 20.1. The first kappa shape index (κ1) is 17.3. The number of hydrogen-bond acceptors (Lipinski definition) is 5. The molecule has 6 rings (SSSR count). The number of H-pyrrole nitrogens is 1. The maximum atomic E-state index is 12.3. The molecule has 1 saturated heterocycles. The minimum absolute atomic E-state index is 0.0442. The zero-order valence-electron chi connectivity index (χ0n) is 16.4. The summed E-state index contributed by atoms with van der Waals surface area (Å²) in [5.41, 5.74) is 3.81. The van der Waals surface area contributed by atoms with E-state index in [1.807, 2.05) is 42.6 Å². The number of fused-ring (bicyclic) bond motifs is 4. The van der Waals surface area contributed by atoms with Crippen molar-refractivity contribution in [2.75, 3.05) is 31.1 Å². The SMILES string of the molecule is O=c1[nH]c2cc(CN3CCN(c4nccc5occc45)CC3)cn2c2ccccc12. The molecule has 0 unspecified atom stereocenters. The average molecular weight is 399 g/mol. The Labute approximate surface area is 172 Å². The lowest BCUT2D eigenvalue weighted by molar-refractivity contribution is 0.249. The second kappa shape index (κ2) is 6.74. The van der Waals surface area contributed by atoms with Crippen LogP contribution in [0, 0.1) is 0 Å². The Morgan fingerprint density at radius 2 is 1.90 bits per heavy atom. The first-order chi connectivity index (χ1) is 14.8. The quantitative estimate of drug-likeness (QED) is 0.504. The highest BCUT2D eigenvalue weighted by Gasteiger charge is 2.21. The standard InChI is InChI=1S/C23H21N5O2/c29-23-17-3-1-2-4-19(17)28-15-16(13-21(28)25-23)14-26-8-10-27(11-9-26)22-18-6-12-30-20(18)5-7-24-22/h1-7,12-13,15H,8-11,14H2,(H,25,29). The summed E-state index contributed by atoms with van der Waals surface area (Å²) in [5, 5.41) is 1.78. The van der Waals surface area contributed by atoms with Crippen molar-refractivity contribution in [2.24, 2.45) is 0 Å². The highest BCUT2D eigenvalue weighted by molar-refractivity contribution is 5.88. The predicted octanol–water partition coefficient (Wildman–Crippen LogP) is 3.24. The van der Waals surface area contributed by atoms with Gasteiger partial charge in [0, 0.05) is 45.1 Å². The Kier molecular flexibility index (Phi) is 3.89. The fourth-order valence-electron chi connectivity index (χ4n) is 4.47. The molecule has 4 aromatic heterocycles. The number of piperazine rings is 1. The number of pyridine rings is 1. The molecule has 5 aromatic rings. The van der Waals surface area contributed by atoms with E-state index in [1.165, 1.54) is 5.56 Å². The number of para-hydroxylation sites is 1. The van der Waals surface area contributed by atoms with Gasteiger partial charge in [-0.25, -0.2) is 4.98 Å². The molecular weight excluding hydrogens is 378 g/mol. The average Bonchev–Trinajstić information content (AvgIpc) is 3.41. The highest BCUT2D eigenvalue weighted by atomic mass is 16.3. The van der Waals surface area contributed by atoms with Crippen LogP contribution in [0.1, 0.15) is 5.56 Å². The molecule has 0 radical (unpaired) electrons. The van der Waals surface area contributed by atoms with Gasteiger partial charge < -0.3 is 18.7 Å². The first-order valence-electron chi connectivity index (χ1n) is 10.2. The maximum absolute atomic E-state index is 12.3. The molecule has 0 amide bonds. The van der Waals surface area contributed by atoms with Crippen molar-refractivity contribution < 1.29 is 4.42 Å². The fraction of sp³-hybridized carbons (Fsp3) is 0.217. The molecule has 1 N–H and O–H groups in total. The second-order valence-electron chi connectivity index (χ2n) is 7.81. The van der Waals surface area contributed by atoms with Crippen molar-refractivity contribution in [3.8, 4) is 0 Å². The Hall–Kier alpha value is -3.58. The van der Waals surface area contributed by atoms with Gasteiger partial charge >= 0.3 is 0 Å². The van der Waals surface area contributed by atoms with E-state index >= 15 is 0 Å². The zero-order valence-corrected chi connectivity index (χ0v) is 16.4. The van der Waals surface area contributed by atoms with Gasteiger partial charge in [0.15, 0.2) is 0 Å². The van der Waals surface area contributed by atoms with E-state index in [9.17, 15) is 4.79 Å². The van der Waals surface area contributed by atoms with E-state index in [0.29, 0.717) is 5.39 Å². The van der Waals surface area contributed by atoms with Gasteiger partial charge in [0.2, 0.25) is 0 Å². The summed E-state index contributed by atoms with van der Waals surface area (Å²) in [4.78, 5) is 24.7. The summed E-state index contributed by atoms with van der Waals surface area (Å²) in [7, 11) is 0. The van der Waals surface area contributed by atoms with E-state index in [4.69, 9.17) is 4.42 Å². The molecule has 0 bridgehead atoms. The van der Waals surface area contributed by atoms with Crippen LogP contribution in [0.2, 0.25) is 0 Å². The molecule has 0 saturated carbocycles. The van der Waals surface area contributed by atoms with Crippen LogP contribution >= 0.6 is 0 Å². The topological polar surface area (TPSA) is 69.8 Å². The van der Waals surface area contributed by atoms with E-state index in [2.05, 4.69) is 36.4 Å². The molecule has 5 heterocycles. The molecular formula is C23H21N5O2. The van der Waals surface area contributed by atoms with Crippen molar-refractivity contribution in [1.29, 1.82) is 0 Å². The molecule has 1 aliphatic rings. The fourth-order valence-corrected chi connectivity index (χ4v) is 4.47. The van der Waals surface area contributed by atoms with Crippen LogP contribution in [-0.4, -0.2) is 45.4 Å². The van der Waals surface area contributed by atoms with Gasteiger partial charge in [-0.1, -0.05) is 12.1 Å². The van der Waals surface area contributed by atoms with Gasteiger partial charge in [-0.15, -0.1) is 0 Å². The number of nitrogens with zero attached hydrogens (tertiary/aromatic N) is 4. The van der Waals surface area contributed by atoms with Crippen molar-refractivity contribution in [1.82, 2.24) is 19.3 Å².